The van der Waals surface area contributed by atoms with Gasteiger partial charge in [-0.25, -0.2) is 0 Å². The van der Waals surface area contributed by atoms with Gasteiger partial charge < -0.3 is 19.5 Å². The minimum atomic E-state index is -0.0761. The maximum absolute atomic E-state index is 12.2. The first-order chi connectivity index (χ1) is 10.6. The fourth-order valence-corrected chi connectivity index (χ4v) is 2.21. The van der Waals surface area contributed by atoms with Crippen LogP contribution in [0.5, 0.6) is 5.75 Å². The van der Waals surface area contributed by atoms with Crippen LogP contribution in [0, 0.1) is 0 Å². The third-order valence-corrected chi connectivity index (χ3v) is 3.23. The second-order valence-corrected chi connectivity index (χ2v) is 5.30. The van der Waals surface area contributed by atoms with Crippen LogP contribution in [-0.2, 0) is 0 Å². The van der Waals surface area contributed by atoms with E-state index in [0.29, 0.717) is 34.1 Å². The lowest BCUT2D eigenvalue weighted by Crippen LogP contribution is -2.09. The van der Waals surface area contributed by atoms with Crippen molar-refractivity contribution in [3.8, 4) is 17.1 Å². The van der Waals surface area contributed by atoms with Gasteiger partial charge in [-0.2, -0.15) is 4.98 Å². The van der Waals surface area contributed by atoms with Crippen molar-refractivity contribution in [3.63, 3.8) is 0 Å². The van der Waals surface area contributed by atoms with E-state index >= 15 is 0 Å². The van der Waals surface area contributed by atoms with Crippen LogP contribution in [0.4, 0.5) is 6.01 Å². The van der Waals surface area contributed by atoms with E-state index in [1.54, 1.807) is 25.3 Å². The highest BCUT2D eigenvalue weighted by Gasteiger charge is 2.10. The number of hydrogen-bond acceptors (Lipinski definition) is 5. The lowest BCUT2D eigenvalue weighted by atomic mass is 10.1. The van der Waals surface area contributed by atoms with Gasteiger partial charge in [-0.05, 0) is 26.0 Å². The zero-order valence-electron chi connectivity index (χ0n) is 12.6. The van der Waals surface area contributed by atoms with E-state index in [9.17, 15) is 4.79 Å². The summed E-state index contributed by atoms with van der Waals surface area (Å²) in [6.07, 6.45) is 1.52. The van der Waals surface area contributed by atoms with E-state index in [1.807, 2.05) is 13.8 Å². The van der Waals surface area contributed by atoms with Gasteiger partial charge in [0.05, 0.1) is 18.3 Å². The number of fused-ring (bicyclic) bond motifs is 1. The number of benzene rings is 1. The summed E-state index contributed by atoms with van der Waals surface area (Å²) in [6.45, 7) is 3.99. The normalized spacial score (nSPS) is 11.1. The zero-order chi connectivity index (χ0) is 15.7. The minimum absolute atomic E-state index is 0.0761. The van der Waals surface area contributed by atoms with Gasteiger partial charge in [0.15, 0.2) is 5.43 Å². The number of aromatic nitrogens is 2. The molecule has 2 aromatic heterocycles. The number of anilines is 1. The molecule has 0 fully saturated rings. The molecular formula is C16H17N3O3. The molecule has 0 saturated heterocycles. The minimum Gasteiger partial charge on any atom is -0.497 e. The van der Waals surface area contributed by atoms with Crippen molar-refractivity contribution in [2.75, 3.05) is 12.4 Å². The highest BCUT2D eigenvalue weighted by molar-refractivity contribution is 5.82. The van der Waals surface area contributed by atoms with Crippen LogP contribution in [-0.4, -0.2) is 23.1 Å². The van der Waals surface area contributed by atoms with Crippen LogP contribution < -0.4 is 15.5 Å². The molecule has 0 atom stereocenters. The molecule has 0 amide bonds. The summed E-state index contributed by atoms with van der Waals surface area (Å²) < 4.78 is 10.5. The maximum atomic E-state index is 12.2. The number of ether oxygens (including phenoxy) is 1. The topological polar surface area (TPSA) is 80.2 Å². The number of H-pyrrole nitrogens is 1. The molecule has 0 unspecified atom stereocenters. The Kier molecular flexibility index (Phi) is 3.58. The number of hydrogen-bond donors (Lipinski definition) is 2. The van der Waals surface area contributed by atoms with E-state index in [0.717, 1.165) is 0 Å². The van der Waals surface area contributed by atoms with Crippen LogP contribution in [0.2, 0.25) is 0 Å². The monoisotopic (exact) mass is 299 g/mol. The summed E-state index contributed by atoms with van der Waals surface area (Å²) >= 11 is 0. The molecule has 0 aliphatic carbocycles. The highest BCUT2D eigenvalue weighted by atomic mass is 16.5. The molecule has 3 rings (SSSR count). The van der Waals surface area contributed by atoms with Crippen molar-refractivity contribution in [3.05, 3.63) is 40.8 Å². The van der Waals surface area contributed by atoms with Crippen molar-refractivity contribution >= 4 is 16.9 Å². The second-order valence-electron chi connectivity index (χ2n) is 5.30. The van der Waals surface area contributed by atoms with Gasteiger partial charge >= 0.3 is 0 Å². The van der Waals surface area contributed by atoms with Crippen molar-refractivity contribution in [2.45, 2.75) is 19.9 Å². The Labute approximate surface area is 127 Å². The van der Waals surface area contributed by atoms with E-state index in [4.69, 9.17) is 9.15 Å². The van der Waals surface area contributed by atoms with Crippen LogP contribution in [0.15, 0.2) is 39.7 Å². The molecule has 1 aromatic carbocycles. The van der Waals surface area contributed by atoms with Gasteiger partial charge in [0.25, 0.3) is 6.01 Å². The lowest BCUT2D eigenvalue weighted by molar-refractivity contribution is 0.415. The largest absolute Gasteiger partial charge is 0.497 e. The average molecular weight is 299 g/mol. The van der Waals surface area contributed by atoms with Crippen LogP contribution in [0.25, 0.3) is 22.3 Å². The summed E-state index contributed by atoms with van der Waals surface area (Å²) in [5.74, 6) is 0.683. The molecular weight excluding hydrogens is 282 g/mol. The van der Waals surface area contributed by atoms with Gasteiger partial charge in [0.2, 0.25) is 0 Å². The number of oxazole rings is 1. The molecule has 0 aliphatic heterocycles. The first kappa shape index (κ1) is 14.2. The smallest absolute Gasteiger partial charge is 0.295 e. The fraction of sp³-hybridized carbons (Fsp3) is 0.250. The van der Waals surface area contributed by atoms with Crippen LogP contribution >= 0.6 is 0 Å². The molecule has 0 saturated carbocycles. The molecule has 2 N–H and O–H groups in total. The van der Waals surface area contributed by atoms with E-state index in [1.165, 1.54) is 12.3 Å². The average Bonchev–Trinajstić information content (AvgIpc) is 2.94. The maximum Gasteiger partial charge on any atom is 0.295 e. The van der Waals surface area contributed by atoms with Gasteiger partial charge in [0, 0.05) is 23.6 Å². The molecule has 0 aliphatic rings. The summed E-state index contributed by atoms with van der Waals surface area (Å²) in [5, 5.41) is 3.68. The number of nitrogens with one attached hydrogen (secondary N) is 2. The second kappa shape index (κ2) is 5.55. The molecule has 6 nitrogen and oxygen atoms in total. The van der Waals surface area contributed by atoms with Crippen molar-refractivity contribution in [1.82, 2.24) is 9.97 Å². The fourth-order valence-electron chi connectivity index (χ4n) is 2.21. The molecule has 114 valence electrons. The Balaban J connectivity index is 2.07. The van der Waals surface area contributed by atoms with E-state index in [2.05, 4.69) is 15.3 Å². The van der Waals surface area contributed by atoms with Gasteiger partial charge in [-0.1, -0.05) is 0 Å². The van der Waals surface area contributed by atoms with Crippen LogP contribution in [0.1, 0.15) is 13.8 Å². The van der Waals surface area contributed by atoms with Crippen LogP contribution in [0.3, 0.4) is 0 Å². The highest BCUT2D eigenvalue weighted by Crippen LogP contribution is 2.22. The SMILES string of the molecule is COc1ccc2c(=O)cc(-c3coc(NC(C)C)n3)[nH]c2c1. The first-order valence-corrected chi connectivity index (χ1v) is 7.00. The van der Waals surface area contributed by atoms with E-state index < -0.39 is 0 Å². The number of methoxy groups -OCH3 is 1. The van der Waals surface area contributed by atoms with Gasteiger partial charge in [-0.15, -0.1) is 0 Å². The number of aromatic amines is 1. The molecule has 0 bridgehead atoms. The number of pyridine rings is 1. The molecule has 6 heteroatoms. The van der Waals surface area contributed by atoms with Crippen molar-refractivity contribution in [2.24, 2.45) is 0 Å². The predicted molar refractivity (Wildman–Crippen MR) is 85.4 cm³/mol. The summed E-state index contributed by atoms with van der Waals surface area (Å²) in [7, 11) is 1.59. The summed E-state index contributed by atoms with van der Waals surface area (Å²) in [6, 6.07) is 7.45. The van der Waals surface area contributed by atoms with Crippen molar-refractivity contribution < 1.29 is 9.15 Å². The van der Waals surface area contributed by atoms with E-state index in [-0.39, 0.29) is 11.5 Å². The zero-order valence-corrected chi connectivity index (χ0v) is 12.6. The Morgan fingerprint density at radius 3 is 2.86 bits per heavy atom. The van der Waals surface area contributed by atoms with Crippen molar-refractivity contribution in [1.29, 1.82) is 0 Å². The number of nitrogens with zero attached hydrogens (tertiary/aromatic N) is 1. The first-order valence-electron chi connectivity index (χ1n) is 7.00. The third-order valence-electron chi connectivity index (χ3n) is 3.23. The Morgan fingerprint density at radius 2 is 2.14 bits per heavy atom. The molecule has 3 aromatic rings. The number of rotatable bonds is 4. The van der Waals surface area contributed by atoms with Gasteiger partial charge in [0.1, 0.15) is 17.7 Å². The molecule has 0 spiro atoms. The quantitative estimate of drug-likeness (QED) is 0.774. The molecule has 22 heavy (non-hydrogen) atoms. The third kappa shape index (κ3) is 2.67. The Hall–Kier alpha value is -2.76. The van der Waals surface area contributed by atoms with Gasteiger partial charge in [-0.3, -0.25) is 4.79 Å². The molecule has 2 heterocycles. The summed E-state index contributed by atoms with van der Waals surface area (Å²) in [4.78, 5) is 19.7. The molecule has 0 radical (unpaired) electrons. The predicted octanol–water partition coefficient (Wildman–Crippen LogP) is 3.01. The Bertz CT molecular complexity index is 864. The standard InChI is InChI=1S/C16H17N3O3/c1-9(2)17-16-19-14(8-22-16)13-7-15(20)11-5-4-10(21-3)6-12(11)18-13/h4-9H,1-3H3,(H,17,19)(H,18,20). The Morgan fingerprint density at radius 1 is 1.32 bits per heavy atom. The lowest BCUT2D eigenvalue weighted by Gasteiger charge is -2.04. The summed E-state index contributed by atoms with van der Waals surface area (Å²) in [5.41, 5.74) is 1.80.